The van der Waals surface area contributed by atoms with E-state index in [2.05, 4.69) is 5.32 Å². The molecule has 33 heavy (non-hydrogen) atoms. The molecule has 0 atom stereocenters. The summed E-state index contributed by atoms with van der Waals surface area (Å²) in [6, 6.07) is 19.6. The highest BCUT2D eigenvalue weighted by Gasteiger charge is 2.41. The minimum atomic E-state index is -0.669. The molecule has 1 aliphatic heterocycles. The molecule has 0 saturated carbocycles. The van der Waals surface area contributed by atoms with E-state index in [9.17, 15) is 14.0 Å². The summed E-state index contributed by atoms with van der Waals surface area (Å²) in [4.78, 5) is 27.7. The summed E-state index contributed by atoms with van der Waals surface area (Å²) in [5.74, 6) is -0.822. The van der Waals surface area contributed by atoms with E-state index in [0.717, 1.165) is 4.90 Å². The van der Waals surface area contributed by atoms with Gasteiger partial charge in [-0.05, 0) is 55.8 Å². The van der Waals surface area contributed by atoms with E-state index in [4.69, 9.17) is 9.47 Å². The fourth-order valence-corrected chi connectivity index (χ4v) is 3.62. The Bertz CT molecular complexity index is 1240. The summed E-state index contributed by atoms with van der Waals surface area (Å²) in [6.45, 7) is 3.83. The third-order valence-corrected chi connectivity index (χ3v) is 5.06. The summed E-state index contributed by atoms with van der Waals surface area (Å²) >= 11 is 0. The first-order valence-corrected chi connectivity index (χ1v) is 10.5. The van der Waals surface area contributed by atoms with Gasteiger partial charge in [-0.2, -0.15) is 0 Å². The molecule has 0 unspecified atom stereocenters. The first-order valence-electron chi connectivity index (χ1n) is 10.5. The van der Waals surface area contributed by atoms with Crippen molar-refractivity contribution in [1.82, 2.24) is 0 Å². The first kappa shape index (κ1) is 22.1. The lowest BCUT2D eigenvalue weighted by molar-refractivity contribution is -0.120. The van der Waals surface area contributed by atoms with Crippen molar-refractivity contribution in [2.45, 2.75) is 20.0 Å². The van der Waals surface area contributed by atoms with Crippen LogP contribution in [0.15, 0.2) is 78.5 Å². The Morgan fingerprint density at radius 3 is 2.21 bits per heavy atom. The molecule has 3 aromatic carbocycles. The fourth-order valence-electron chi connectivity index (χ4n) is 3.62. The molecule has 3 aromatic rings. The summed E-state index contributed by atoms with van der Waals surface area (Å²) in [7, 11) is 1.51. The predicted octanol–water partition coefficient (Wildman–Crippen LogP) is 5.02. The highest BCUT2D eigenvalue weighted by atomic mass is 19.1. The van der Waals surface area contributed by atoms with Gasteiger partial charge in [0, 0.05) is 0 Å². The number of nitrogens with zero attached hydrogens (tertiary/aromatic N) is 1. The maximum atomic E-state index is 14.5. The van der Waals surface area contributed by atoms with E-state index < -0.39 is 17.6 Å². The van der Waals surface area contributed by atoms with Crippen molar-refractivity contribution in [2.24, 2.45) is 0 Å². The zero-order chi connectivity index (χ0) is 23.5. The lowest BCUT2D eigenvalue weighted by Gasteiger charge is -2.16. The van der Waals surface area contributed by atoms with Gasteiger partial charge >= 0.3 is 0 Å². The third-order valence-electron chi connectivity index (χ3n) is 5.06. The molecule has 1 N–H and O–H groups in total. The van der Waals surface area contributed by atoms with Crippen molar-refractivity contribution in [1.29, 1.82) is 0 Å². The lowest BCUT2D eigenvalue weighted by atomic mass is 10.0. The van der Waals surface area contributed by atoms with Gasteiger partial charge in [-0.15, -0.1) is 0 Å². The zero-order valence-corrected chi connectivity index (χ0v) is 18.5. The number of carbonyl (C=O) groups excluding carboxylic acids is 2. The van der Waals surface area contributed by atoms with Crippen molar-refractivity contribution < 1.29 is 23.5 Å². The molecule has 6 nitrogen and oxygen atoms in total. The molecule has 0 aromatic heterocycles. The van der Waals surface area contributed by atoms with Gasteiger partial charge in [0.05, 0.1) is 30.2 Å². The number of anilines is 2. The van der Waals surface area contributed by atoms with E-state index in [1.807, 2.05) is 13.8 Å². The van der Waals surface area contributed by atoms with E-state index in [1.54, 1.807) is 54.6 Å². The molecule has 4 rings (SSSR count). The Hall–Kier alpha value is -4.13. The van der Waals surface area contributed by atoms with Crippen LogP contribution >= 0.6 is 0 Å². The van der Waals surface area contributed by atoms with Crippen LogP contribution in [0.1, 0.15) is 19.4 Å². The van der Waals surface area contributed by atoms with Crippen LogP contribution < -0.4 is 19.7 Å². The number of hydrogen-bond donors (Lipinski definition) is 1. The second kappa shape index (κ2) is 9.16. The molecule has 0 aliphatic carbocycles. The molecule has 0 bridgehead atoms. The van der Waals surface area contributed by atoms with E-state index in [-0.39, 0.29) is 23.1 Å². The van der Waals surface area contributed by atoms with Crippen LogP contribution in [0.5, 0.6) is 11.5 Å². The Balaban J connectivity index is 1.82. The minimum absolute atomic E-state index is 0.0101. The molecule has 1 heterocycles. The van der Waals surface area contributed by atoms with Crippen LogP contribution in [0.2, 0.25) is 0 Å². The molecule has 2 amide bonds. The number of para-hydroxylation sites is 3. The molecule has 0 radical (unpaired) electrons. The van der Waals surface area contributed by atoms with E-state index in [0.29, 0.717) is 22.7 Å². The number of methoxy groups -OCH3 is 1. The van der Waals surface area contributed by atoms with Crippen molar-refractivity contribution >= 4 is 28.8 Å². The standard InChI is InChI=1S/C26H23FN2O4/c1-16(2)33-18-14-12-17(13-15-18)23-24(28-20-9-5-7-11-22(20)32-3)26(31)29(25(23)30)21-10-6-4-8-19(21)27/h4-16,28H,1-3H3. The lowest BCUT2D eigenvalue weighted by Crippen LogP contribution is -2.33. The van der Waals surface area contributed by atoms with Gasteiger partial charge in [0.25, 0.3) is 11.8 Å². The third kappa shape index (κ3) is 4.30. The molecule has 0 spiro atoms. The van der Waals surface area contributed by atoms with Crippen LogP contribution in [0.4, 0.5) is 15.8 Å². The van der Waals surface area contributed by atoms with Gasteiger partial charge in [0.1, 0.15) is 23.0 Å². The highest BCUT2D eigenvalue weighted by Crippen LogP contribution is 2.36. The van der Waals surface area contributed by atoms with Crippen LogP contribution in [0.3, 0.4) is 0 Å². The van der Waals surface area contributed by atoms with Crippen LogP contribution in [0.25, 0.3) is 5.57 Å². The Morgan fingerprint density at radius 1 is 0.879 bits per heavy atom. The molecular formula is C26H23FN2O4. The van der Waals surface area contributed by atoms with Gasteiger partial charge in [0.15, 0.2) is 0 Å². The monoisotopic (exact) mass is 446 g/mol. The van der Waals surface area contributed by atoms with E-state index in [1.165, 1.54) is 25.3 Å². The quantitative estimate of drug-likeness (QED) is 0.517. The van der Waals surface area contributed by atoms with Crippen molar-refractivity contribution in [3.63, 3.8) is 0 Å². The Labute approximate surface area is 191 Å². The van der Waals surface area contributed by atoms with Gasteiger partial charge < -0.3 is 14.8 Å². The SMILES string of the molecule is COc1ccccc1NC1=C(c2ccc(OC(C)C)cc2)C(=O)N(c2ccccc2F)C1=O. The number of halogens is 1. The first-order chi connectivity index (χ1) is 15.9. The number of amides is 2. The number of benzene rings is 3. The average Bonchev–Trinajstić information content (AvgIpc) is 3.04. The number of hydrogen-bond acceptors (Lipinski definition) is 5. The van der Waals surface area contributed by atoms with E-state index >= 15 is 0 Å². The second-order valence-electron chi connectivity index (χ2n) is 7.66. The molecule has 7 heteroatoms. The number of carbonyl (C=O) groups is 2. The maximum Gasteiger partial charge on any atom is 0.282 e. The number of imide groups is 1. The molecule has 1 aliphatic rings. The molecule has 0 fully saturated rings. The summed E-state index contributed by atoms with van der Waals surface area (Å²) in [5, 5.41) is 3.04. The second-order valence-corrected chi connectivity index (χ2v) is 7.66. The average molecular weight is 446 g/mol. The van der Waals surface area contributed by atoms with Gasteiger partial charge in [0.2, 0.25) is 0 Å². The summed E-state index contributed by atoms with van der Waals surface area (Å²) in [5.41, 5.74) is 1.06. The summed E-state index contributed by atoms with van der Waals surface area (Å²) < 4.78 is 25.6. The number of nitrogens with one attached hydrogen (secondary N) is 1. The van der Waals surface area contributed by atoms with Crippen molar-refractivity contribution in [3.05, 3.63) is 89.9 Å². The normalized spacial score (nSPS) is 13.7. The summed E-state index contributed by atoms with van der Waals surface area (Å²) in [6.07, 6.45) is -0.0101. The van der Waals surface area contributed by atoms with Crippen LogP contribution in [-0.2, 0) is 9.59 Å². The maximum absolute atomic E-state index is 14.5. The minimum Gasteiger partial charge on any atom is -0.495 e. The Kier molecular flexibility index (Phi) is 6.13. The van der Waals surface area contributed by atoms with Gasteiger partial charge in [-0.1, -0.05) is 36.4 Å². The topological polar surface area (TPSA) is 67.9 Å². The fraction of sp³-hybridized carbons (Fsp3) is 0.154. The van der Waals surface area contributed by atoms with Crippen molar-refractivity contribution in [3.8, 4) is 11.5 Å². The smallest absolute Gasteiger partial charge is 0.282 e. The van der Waals surface area contributed by atoms with Gasteiger partial charge in [-0.25, -0.2) is 9.29 Å². The zero-order valence-electron chi connectivity index (χ0n) is 18.5. The largest absolute Gasteiger partial charge is 0.495 e. The highest BCUT2D eigenvalue weighted by molar-refractivity contribution is 6.46. The van der Waals surface area contributed by atoms with Crippen LogP contribution in [0, 0.1) is 5.82 Å². The predicted molar refractivity (Wildman–Crippen MR) is 125 cm³/mol. The molecule has 168 valence electrons. The molecular weight excluding hydrogens is 423 g/mol. The Morgan fingerprint density at radius 2 is 1.55 bits per heavy atom. The van der Waals surface area contributed by atoms with Gasteiger partial charge in [-0.3, -0.25) is 9.59 Å². The molecule has 0 saturated heterocycles. The van der Waals surface area contributed by atoms with Crippen molar-refractivity contribution in [2.75, 3.05) is 17.3 Å². The number of rotatable bonds is 7. The number of ether oxygens (including phenoxy) is 2. The van der Waals surface area contributed by atoms with Crippen LogP contribution in [-0.4, -0.2) is 25.0 Å².